The number of amides is 1. The molecule has 0 aromatic heterocycles. The van der Waals surface area contributed by atoms with Gasteiger partial charge in [0.2, 0.25) is 5.91 Å². The predicted octanol–water partition coefficient (Wildman–Crippen LogP) is 2.34. The van der Waals surface area contributed by atoms with Gasteiger partial charge in [-0.25, -0.2) is 0 Å². The van der Waals surface area contributed by atoms with Gasteiger partial charge in [0.25, 0.3) is 0 Å². The summed E-state index contributed by atoms with van der Waals surface area (Å²) in [4.78, 5) is 12.9. The second-order valence-electron chi connectivity index (χ2n) is 7.49. The fraction of sp³-hybridized carbons (Fsp3) is 0.941. The van der Waals surface area contributed by atoms with Crippen molar-refractivity contribution in [2.24, 2.45) is 17.1 Å². The van der Waals surface area contributed by atoms with Crippen LogP contribution in [0.3, 0.4) is 0 Å². The lowest BCUT2D eigenvalue weighted by molar-refractivity contribution is -0.135. The van der Waals surface area contributed by atoms with Crippen molar-refractivity contribution in [2.75, 3.05) is 13.2 Å². The highest BCUT2D eigenvalue weighted by atomic mass is 16.3. The molecule has 0 aromatic carbocycles. The molecule has 2 atom stereocenters. The highest BCUT2D eigenvalue weighted by molar-refractivity contribution is 5.83. The van der Waals surface area contributed by atoms with Crippen LogP contribution in [-0.2, 0) is 4.79 Å². The smallest absolute Gasteiger partial charge is 0.228 e. The van der Waals surface area contributed by atoms with E-state index in [1.165, 1.54) is 19.3 Å². The van der Waals surface area contributed by atoms with E-state index >= 15 is 0 Å². The Morgan fingerprint density at radius 2 is 1.86 bits per heavy atom. The van der Waals surface area contributed by atoms with E-state index in [-0.39, 0.29) is 12.5 Å². The Bertz CT molecular complexity index is 351. The van der Waals surface area contributed by atoms with Crippen LogP contribution in [0.5, 0.6) is 0 Å². The first kappa shape index (κ1) is 16.8. The molecule has 2 unspecified atom stereocenters. The number of hydrogen-bond donors (Lipinski definition) is 3. The SMILES string of the molecule is CC1CCCC(CO)(NC(=O)C2(CN)CCCCCC2)C1. The summed E-state index contributed by atoms with van der Waals surface area (Å²) in [6.45, 7) is 2.68. The van der Waals surface area contributed by atoms with Gasteiger partial charge in [-0.1, -0.05) is 45.4 Å². The fourth-order valence-electron chi connectivity index (χ4n) is 4.26. The molecule has 2 aliphatic rings. The van der Waals surface area contributed by atoms with Gasteiger partial charge in [-0.2, -0.15) is 0 Å². The summed E-state index contributed by atoms with van der Waals surface area (Å²) in [5.41, 5.74) is 5.19. The van der Waals surface area contributed by atoms with Gasteiger partial charge in [0.15, 0.2) is 0 Å². The van der Waals surface area contributed by atoms with Gasteiger partial charge in [0.05, 0.1) is 17.6 Å². The Balaban J connectivity index is 2.09. The van der Waals surface area contributed by atoms with E-state index in [1.54, 1.807) is 0 Å². The number of hydrogen-bond acceptors (Lipinski definition) is 3. The van der Waals surface area contributed by atoms with E-state index in [0.29, 0.717) is 12.5 Å². The summed E-state index contributed by atoms with van der Waals surface area (Å²) in [7, 11) is 0. The fourth-order valence-corrected chi connectivity index (χ4v) is 4.26. The monoisotopic (exact) mass is 296 g/mol. The molecule has 0 saturated heterocycles. The average Bonchev–Trinajstić information content (AvgIpc) is 2.73. The van der Waals surface area contributed by atoms with Crippen molar-refractivity contribution in [3.8, 4) is 0 Å². The van der Waals surface area contributed by atoms with Crippen LogP contribution in [0.15, 0.2) is 0 Å². The van der Waals surface area contributed by atoms with E-state index in [4.69, 9.17) is 5.73 Å². The molecule has 1 amide bonds. The third-order valence-corrected chi connectivity index (χ3v) is 5.71. The maximum atomic E-state index is 12.9. The lowest BCUT2D eigenvalue weighted by Crippen LogP contribution is -2.59. The van der Waals surface area contributed by atoms with E-state index in [2.05, 4.69) is 12.2 Å². The minimum absolute atomic E-state index is 0.0454. The molecule has 4 heteroatoms. The van der Waals surface area contributed by atoms with Crippen molar-refractivity contribution >= 4 is 5.91 Å². The van der Waals surface area contributed by atoms with Crippen LogP contribution in [0.25, 0.3) is 0 Å². The summed E-state index contributed by atoms with van der Waals surface area (Å²) in [6, 6.07) is 0. The standard InChI is InChI=1S/C17H32N2O2/c1-14-7-6-10-17(11-14,13-20)19-15(21)16(12-18)8-4-2-3-5-9-16/h14,20H,2-13,18H2,1H3,(H,19,21). The molecule has 4 N–H and O–H groups in total. The zero-order valence-corrected chi connectivity index (χ0v) is 13.5. The minimum Gasteiger partial charge on any atom is -0.394 e. The molecule has 21 heavy (non-hydrogen) atoms. The molecule has 0 heterocycles. The van der Waals surface area contributed by atoms with E-state index in [0.717, 1.165) is 44.9 Å². The van der Waals surface area contributed by atoms with Gasteiger partial charge < -0.3 is 16.2 Å². The Hall–Kier alpha value is -0.610. The van der Waals surface area contributed by atoms with E-state index < -0.39 is 11.0 Å². The molecule has 0 aliphatic heterocycles. The molecule has 0 radical (unpaired) electrons. The molecular formula is C17H32N2O2. The first-order valence-electron chi connectivity index (χ1n) is 8.69. The van der Waals surface area contributed by atoms with Gasteiger partial charge in [-0.3, -0.25) is 4.79 Å². The summed E-state index contributed by atoms with van der Waals surface area (Å²) in [5, 5.41) is 13.1. The van der Waals surface area contributed by atoms with E-state index in [1.807, 2.05) is 0 Å². The van der Waals surface area contributed by atoms with Gasteiger partial charge >= 0.3 is 0 Å². The number of rotatable bonds is 4. The second-order valence-corrected chi connectivity index (χ2v) is 7.49. The van der Waals surface area contributed by atoms with Crippen molar-refractivity contribution in [2.45, 2.75) is 76.7 Å². The molecule has 2 fully saturated rings. The van der Waals surface area contributed by atoms with Crippen LogP contribution in [-0.4, -0.2) is 29.7 Å². The highest BCUT2D eigenvalue weighted by Crippen LogP contribution is 2.37. The normalized spacial score (nSPS) is 33.2. The lowest BCUT2D eigenvalue weighted by atomic mass is 9.74. The maximum Gasteiger partial charge on any atom is 0.228 e. The number of aliphatic hydroxyl groups excluding tert-OH is 1. The van der Waals surface area contributed by atoms with E-state index in [9.17, 15) is 9.90 Å². The Morgan fingerprint density at radius 3 is 2.38 bits per heavy atom. The predicted molar refractivity (Wildman–Crippen MR) is 84.8 cm³/mol. The number of carbonyl (C=O) groups is 1. The summed E-state index contributed by atoms with van der Waals surface area (Å²) in [5.74, 6) is 0.657. The van der Waals surface area contributed by atoms with Crippen LogP contribution >= 0.6 is 0 Å². The molecule has 2 saturated carbocycles. The lowest BCUT2D eigenvalue weighted by Gasteiger charge is -2.42. The highest BCUT2D eigenvalue weighted by Gasteiger charge is 2.43. The Morgan fingerprint density at radius 1 is 1.19 bits per heavy atom. The number of aliphatic hydroxyl groups is 1. The van der Waals surface area contributed by atoms with Crippen molar-refractivity contribution in [1.29, 1.82) is 0 Å². The first-order chi connectivity index (χ1) is 10.1. The number of nitrogens with two attached hydrogens (primary N) is 1. The van der Waals surface area contributed by atoms with Gasteiger partial charge in [-0.05, 0) is 31.6 Å². The van der Waals surface area contributed by atoms with Crippen LogP contribution in [0.1, 0.15) is 71.1 Å². The Kier molecular flexibility index (Phi) is 5.67. The summed E-state index contributed by atoms with van der Waals surface area (Å²) in [6.07, 6.45) is 10.4. The zero-order chi connectivity index (χ0) is 15.3. The van der Waals surface area contributed by atoms with Crippen molar-refractivity contribution in [1.82, 2.24) is 5.32 Å². The van der Waals surface area contributed by atoms with Crippen LogP contribution in [0.4, 0.5) is 0 Å². The second kappa shape index (κ2) is 7.10. The minimum atomic E-state index is -0.413. The molecule has 0 bridgehead atoms. The summed E-state index contributed by atoms with van der Waals surface area (Å²) >= 11 is 0. The number of carbonyl (C=O) groups excluding carboxylic acids is 1. The topological polar surface area (TPSA) is 75.3 Å². The quantitative estimate of drug-likeness (QED) is 0.697. The van der Waals surface area contributed by atoms with Crippen LogP contribution < -0.4 is 11.1 Å². The molecular weight excluding hydrogens is 264 g/mol. The van der Waals surface area contributed by atoms with Crippen molar-refractivity contribution < 1.29 is 9.90 Å². The third kappa shape index (κ3) is 3.78. The van der Waals surface area contributed by atoms with Crippen molar-refractivity contribution in [3.63, 3.8) is 0 Å². The van der Waals surface area contributed by atoms with Crippen molar-refractivity contribution in [3.05, 3.63) is 0 Å². The Labute approximate surface area is 128 Å². The maximum absolute atomic E-state index is 12.9. The average molecular weight is 296 g/mol. The molecule has 0 aromatic rings. The first-order valence-corrected chi connectivity index (χ1v) is 8.69. The molecule has 0 spiro atoms. The van der Waals surface area contributed by atoms with Crippen LogP contribution in [0.2, 0.25) is 0 Å². The molecule has 122 valence electrons. The van der Waals surface area contributed by atoms with Crippen LogP contribution in [0, 0.1) is 11.3 Å². The molecule has 4 nitrogen and oxygen atoms in total. The number of nitrogens with one attached hydrogen (secondary N) is 1. The van der Waals surface area contributed by atoms with Gasteiger partial charge in [0, 0.05) is 6.54 Å². The third-order valence-electron chi connectivity index (χ3n) is 5.71. The zero-order valence-electron chi connectivity index (χ0n) is 13.5. The van der Waals surface area contributed by atoms with Gasteiger partial charge in [-0.15, -0.1) is 0 Å². The largest absolute Gasteiger partial charge is 0.394 e. The summed E-state index contributed by atoms with van der Waals surface area (Å²) < 4.78 is 0. The molecule has 2 rings (SSSR count). The molecule has 2 aliphatic carbocycles. The van der Waals surface area contributed by atoms with Gasteiger partial charge in [0.1, 0.15) is 0 Å².